The largest absolute Gasteiger partial charge is 0.340 e. The second kappa shape index (κ2) is 6.57. The summed E-state index contributed by atoms with van der Waals surface area (Å²) >= 11 is 5.85. The highest BCUT2D eigenvalue weighted by atomic mass is 35.5. The van der Waals surface area contributed by atoms with Crippen molar-refractivity contribution in [1.82, 2.24) is 5.32 Å². The molecule has 7 heteroatoms. The number of nitrogens with zero attached hydrogens (tertiary/aromatic N) is 1. The van der Waals surface area contributed by atoms with E-state index < -0.39 is 23.6 Å². The summed E-state index contributed by atoms with van der Waals surface area (Å²) in [5.74, 6) is -2.22. The van der Waals surface area contributed by atoms with Gasteiger partial charge in [0.1, 0.15) is 17.7 Å². The van der Waals surface area contributed by atoms with Gasteiger partial charge in [0.25, 0.3) is 5.91 Å². The molecule has 124 valence electrons. The van der Waals surface area contributed by atoms with Crippen LogP contribution in [0.15, 0.2) is 42.5 Å². The van der Waals surface area contributed by atoms with E-state index in [9.17, 15) is 18.4 Å². The summed E-state index contributed by atoms with van der Waals surface area (Å²) in [6.07, 6.45) is 0.369. The first-order chi connectivity index (χ1) is 11.5. The fraction of sp³-hybridized carbons (Fsp3) is 0.176. The smallest absolute Gasteiger partial charge is 0.256 e. The second-order valence-corrected chi connectivity index (χ2v) is 5.78. The normalized spacial score (nSPS) is 17.2. The number of rotatable bonds is 3. The fourth-order valence-corrected chi connectivity index (χ4v) is 2.89. The van der Waals surface area contributed by atoms with Gasteiger partial charge in [0.15, 0.2) is 0 Å². The van der Waals surface area contributed by atoms with E-state index in [1.54, 1.807) is 0 Å². The molecular formula is C17H13ClF2N2O2. The third-order valence-electron chi connectivity index (χ3n) is 3.84. The predicted molar refractivity (Wildman–Crippen MR) is 86.0 cm³/mol. The van der Waals surface area contributed by atoms with Gasteiger partial charge in [-0.2, -0.15) is 0 Å². The van der Waals surface area contributed by atoms with Gasteiger partial charge in [0.2, 0.25) is 5.91 Å². The third kappa shape index (κ3) is 3.10. The van der Waals surface area contributed by atoms with Crippen molar-refractivity contribution in [3.8, 4) is 0 Å². The standard InChI is InChI=1S/C17H13ClF2N2O2/c18-12-2-1-3-13(20)15(12)16(23)21-14-8-9-22(17(14)24)11-6-4-10(19)5-7-11/h1-7,14H,8-9H2,(H,21,23). The summed E-state index contributed by atoms with van der Waals surface area (Å²) in [4.78, 5) is 26.1. The van der Waals surface area contributed by atoms with Gasteiger partial charge >= 0.3 is 0 Å². The first-order valence-corrected chi connectivity index (χ1v) is 7.67. The zero-order valence-corrected chi connectivity index (χ0v) is 13.2. The highest BCUT2D eigenvalue weighted by Crippen LogP contribution is 2.23. The van der Waals surface area contributed by atoms with Crippen molar-refractivity contribution < 1.29 is 18.4 Å². The molecule has 2 aromatic rings. The van der Waals surface area contributed by atoms with Crippen molar-refractivity contribution in [3.63, 3.8) is 0 Å². The monoisotopic (exact) mass is 350 g/mol. The van der Waals surface area contributed by atoms with Gasteiger partial charge in [-0.1, -0.05) is 17.7 Å². The van der Waals surface area contributed by atoms with Crippen LogP contribution in [0.5, 0.6) is 0 Å². The molecule has 1 fully saturated rings. The van der Waals surface area contributed by atoms with E-state index in [1.807, 2.05) is 0 Å². The molecule has 4 nitrogen and oxygen atoms in total. The lowest BCUT2D eigenvalue weighted by atomic mass is 10.1. The number of carbonyl (C=O) groups is 2. The Bertz CT molecular complexity index is 775. The highest BCUT2D eigenvalue weighted by Gasteiger charge is 2.34. The molecule has 2 aromatic carbocycles. The van der Waals surface area contributed by atoms with Crippen LogP contribution in [0.2, 0.25) is 5.02 Å². The van der Waals surface area contributed by atoms with Crippen LogP contribution in [0.4, 0.5) is 14.5 Å². The molecule has 0 aliphatic carbocycles. The molecule has 0 bridgehead atoms. The maximum absolute atomic E-state index is 13.8. The molecular weight excluding hydrogens is 338 g/mol. The Balaban J connectivity index is 1.74. The van der Waals surface area contributed by atoms with Crippen molar-refractivity contribution >= 4 is 29.1 Å². The molecule has 0 radical (unpaired) electrons. The van der Waals surface area contributed by atoms with Crippen molar-refractivity contribution in [2.75, 3.05) is 11.4 Å². The Morgan fingerprint density at radius 1 is 1.17 bits per heavy atom. The third-order valence-corrected chi connectivity index (χ3v) is 4.15. The number of carbonyl (C=O) groups excluding carboxylic acids is 2. The Morgan fingerprint density at radius 3 is 2.54 bits per heavy atom. The Labute approximate surface area is 142 Å². The molecule has 2 amide bonds. The minimum absolute atomic E-state index is 0.0201. The van der Waals surface area contributed by atoms with Gasteiger partial charge in [0, 0.05) is 12.2 Å². The number of anilines is 1. The molecule has 3 rings (SSSR count). The number of hydrogen-bond donors (Lipinski definition) is 1. The quantitative estimate of drug-likeness (QED) is 0.924. The number of halogens is 3. The van der Waals surface area contributed by atoms with Crippen LogP contribution in [0, 0.1) is 11.6 Å². The minimum Gasteiger partial charge on any atom is -0.340 e. The van der Waals surface area contributed by atoms with Gasteiger partial charge in [-0.05, 0) is 42.8 Å². The summed E-state index contributed by atoms with van der Waals surface area (Å²) in [5, 5.41) is 2.49. The number of hydrogen-bond acceptors (Lipinski definition) is 2. The van der Waals surface area contributed by atoms with E-state index >= 15 is 0 Å². The van der Waals surface area contributed by atoms with Crippen LogP contribution in [0.3, 0.4) is 0 Å². The molecule has 1 unspecified atom stereocenters. The molecule has 1 saturated heterocycles. The first kappa shape index (κ1) is 16.4. The number of amides is 2. The van der Waals surface area contributed by atoms with Crippen molar-refractivity contribution in [1.29, 1.82) is 0 Å². The van der Waals surface area contributed by atoms with E-state index in [-0.39, 0.29) is 16.5 Å². The maximum atomic E-state index is 13.8. The Morgan fingerprint density at radius 2 is 1.88 bits per heavy atom. The summed E-state index contributed by atoms with van der Waals surface area (Å²) in [6, 6.07) is 8.64. The molecule has 1 heterocycles. The minimum atomic E-state index is -0.779. The van der Waals surface area contributed by atoms with Crippen LogP contribution >= 0.6 is 11.6 Å². The summed E-state index contributed by atoms with van der Waals surface area (Å²) in [7, 11) is 0. The molecule has 0 aromatic heterocycles. The van der Waals surface area contributed by atoms with Gasteiger partial charge in [-0.3, -0.25) is 9.59 Å². The van der Waals surface area contributed by atoms with E-state index in [1.165, 1.54) is 41.3 Å². The average Bonchev–Trinajstić information content (AvgIpc) is 2.89. The maximum Gasteiger partial charge on any atom is 0.256 e. The zero-order valence-electron chi connectivity index (χ0n) is 12.4. The SMILES string of the molecule is O=C(NC1CCN(c2ccc(F)cc2)C1=O)c1c(F)cccc1Cl. The van der Waals surface area contributed by atoms with Crippen molar-refractivity contribution in [2.24, 2.45) is 0 Å². The van der Waals surface area contributed by atoms with Crippen LogP contribution < -0.4 is 10.2 Å². The second-order valence-electron chi connectivity index (χ2n) is 5.38. The number of benzene rings is 2. The number of nitrogens with one attached hydrogen (secondary N) is 1. The van der Waals surface area contributed by atoms with E-state index in [0.29, 0.717) is 18.7 Å². The molecule has 24 heavy (non-hydrogen) atoms. The van der Waals surface area contributed by atoms with E-state index in [0.717, 1.165) is 6.07 Å². The van der Waals surface area contributed by atoms with Crippen LogP contribution in [0.25, 0.3) is 0 Å². The molecule has 1 atom stereocenters. The lowest BCUT2D eigenvalue weighted by Gasteiger charge is -2.17. The van der Waals surface area contributed by atoms with Gasteiger partial charge < -0.3 is 10.2 Å². The van der Waals surface area contributed by atoms with Gasteiger partial charge in [-0.25, -0.2) is 8.78 Å². The lowest BCUT2D eigenvalue weighted by Crippen LogP contribution is -2.41. The zero-order chi connectivity index (χ0) is 17.3. The van der Waals surface area contributed by atoms with Gasteiger partial charge in [-0.15, -0.1) is 0 Å². The molecule has 1 N–H and O–H groups in total. The lowest BCUT2D eigenvalue weighted by molar-refractivity contribution is -0.118. The van der Waals surface area contributed by atoms with E-state index in [4.69, 9.17) is 11.6 Å². The van der Waals surface area contributed by atoms with Crippen LogP contribution in [-0.2, 0) is 4.79 Å². The average molecular weight is 351 g/mol. The van der Waals surface area contributed by atoms with Crippen molar-refractivity contribution in [2.45, 2.75) is 12.5 Å². The fourth-order valence-electron chi connectivity index (χ4n) is 2.64. The topological polar surface area (TPSA) is 49.4 Å². The van der Waals surface area contributed by atoms with Crippen molar-refractivity contribution in [3.05, 3.63) is 64.7 Å². The van der Waals surface area contributed by atoms with Crippen LogP contribution in [0.1, 0.15) is 16.8 Å². The molecule has 1 aliphatic rings. The Kier molecular flexibility index (Phi) is 4.49. The summed E-state index contributed by atoms with van der Waals surface area (Å²) < 4.78 is 26.7. The van der Waals surface area contributed by atoms with E-state index in [2.05, 4.69) is 5.32 Å². The predicted octanol–water partition coefficient (Wildman–Crippen LogP) is 3.15. The molecule has 1 aliphatic heterocycles. The van der Waals surface area contributed by atoms with Gasteiger partial charge in [0.05, 0.1) is 10.6 Å². The summed E-state index contributed by atoms with van der Waals surface area (Å²) in [5.41, 5.74) is 0.259. The summed E-state index contributed by atoms with van der Waals surface area (Å²) in [6.45, 7) is 0.375. The highest BCUT2D eigenvalue weighted by molar-refractivity contribution is 6.33. The molecule has 0 saturated carbocycles. The molecule has 0 spiro atoms. The Hall–Kier alpha value is -2.47. The first-order valence-electron chi connectivity index (χ1n) is 7.29. The van der Waals surface area contributed by atoms with Crippen LogP contribution in [-0.4, -0.2) is 24.4 Å².